The summed E-state index contributed by atoms with van der Waals surface area (Å²) in [6, 6.07) is 82.8. The molecule has 0 saturated carbocycles. The van der Waals surface area contributed by atoms with Crippen molar-refractivity contribution in [2.75, 3.05) is 14.7 Å². The van der Waals surface area contributed by atoms with Crippen LogP contribution in [0.4, 0.5) is 51.2 Å². The van der Waals surface area contributed by atoms with Gasteiger partial charge in [-0.1, -0.05) is 190 Å². The predicted molar refractivity (Wildman–Crippen MR) is 338 cm³/mol. The Labute approximate surface area is 463 Å². The Morgan fingerprint density at radius 2 is 0.859 bits per heavy atom. The highest BCUT2D eigenvalue weighted by Crippen LogP contribution is 2.53. The van der Waals surface area contributed by atoms with Gasteiger partial charge in [-0.3, -0.25) is 0 Å². The summed E-state index contributed by atoms with van der Waals surface area (Å²) < 4.78 is 5.11. The van der Waals surface area contributed by atoms with Crippen molar-refractivity contribution >= 4 is 128 Å². The number of benzene rings is 10. The second-order valence-corrected chi connectivity index (χ2v) is 25.7. The fourth-order valence-electron chi connectivity index (χ4n) is 12.7. The lowest BCUT2D eigenvalue weighted by Crippen LogP contribution is -2.61. The molecule has 0 radical (unpaired) electrons. The second-order valence-electron chi connectivity index (χ2n) is 24.6. The molecular formula is C72H63BN4S. The highest BCUT2D eigenvalue weighted by molar-refractivity contribution is 7.26. The van der Waals surface area contributed by atoms with Gasteiger partial charge in [-0.05, 0) is 140 Å². The van der Waals surface area contributed by atoms with Gasteiger partial charge in [0.1, 0.15) is 0 Å². The van der Waals surface area contributed by atoms with Crippen LogP contribution < -0.4 is 31.1 Å². The number of para-hydroxylation sites is 4. The minimum absolute atomic E-state index is 0.00597. The minimum atomic E-state index is -0.150. The molecular weight excluding hydrogens is 964 g/mol. The van der Waals surface area contributed by atoms with Crippen molar-refractivity contribution in [3.63, 3.8) is 0 Å². The average Bonchev–Trinajstić information content (AvgIpc) is 3.16. The molecule has 0 spiro atoms. The van der Waals surface area contributed by atoms with Crippen LogP contribution in [-0.2, 0) is 16.2 Å². The van der Waals surface area contributed by atoms with Gasteiger partial charge >= 0.3 is 0 Å². The summed E-state index contributed by atoms with van der Waals surface area (Å²) in [6.45, 7) is 20.8. The molecule has 0 bridgehead atoms. The van der Waals surface area contributed by atoms with E-state index in [0.29, 0.717) is 0 Å². The van der Waals surface area contributed by atoms with E-state index >= 15 is 0 Å². The number of hydrogen-bond donors (Lipinski definition) is 0. The van der Waals surface area contributed by atoms with Crippen LogP contribution in [-0.4, -0.2) is 11.3 Å². The Hall–Kier alpha value is -8.32. The monoisotopic (exact) mass is 1030 g/mol. The molecule has 0 unspecified atom stereocenters. The van der Waals surface area contributed by atoms with Crippen LogP contribution in [0.25, 0.3) is 47.7 Å². The van der Waals surface area contributed by atoms with Gasteiger partial charge in [0.15, 0.2) is 0 Å². The van der Waals surface area contributed by atoms with Gasteiger partial charge in [0.25, 0.3) is 6.71 Å². The number of aromatic nitrogens is 1. The molecule has 2 aliphatic heterocycles. The van der Waals surface area contributed by atoms with Crippen LogP contribution in [0.1, 0.15) is 79.0 Å². The zero-order valence-corrected chi connectivity index (χ0v) is 46.9. The van der Waals surface area contributed by atoms with Gasteiger partial charge in [0, 0.05) is 66.1 Å². The van der Waals surface area contributed by atoms with E-state index in [1.807, 2.05) is 11.3 Å². The third kappa shape index (κ3) is 7.55. The first-order valence-electron chi connectivity index (χ1n) is 27.6. The van der Waals surface area contributed by atoms with E-state index in [1.165, 1.54) is 103 Å². The van der Waals surface area contributed by atoms with Crippen molar-refractivity contribution < 1.29 is 0 Å². The fourth-order valence-corrected chi connectivity index (χ4v) is 13.9. The van der Waals surface area contributed by atoms with Gasteiger partial charge in [0.05, 0.1) is 32.8 Å². The second kappa shape index (κ2) is 17.6. The van der Waals surface area contributed by atoms with Gasteiger partial charge < -0.3 is 19.3 Å². The molecule has 2 aliphatic rings. The summed E-state index contributed by atoms with van der Waals surface area (Å²) in [7, 11) is 0. The molecule has 6 heteroatoms. The molecule has 14 rings (SSSR count). The Bertz CT molecular complexity index is 4230. The van der Waals surface area contributed by atoms with Gasteiger partial charge in [-0.25, -0.2) is 0 Å². The van der Waals surface area contributed by atoms with Crippen LogP contribution in [0, 0.1) is 0 Å². The van der Waals surface area contributed by atoms with E-state index in [2.05, 4.69) is 300 Å². The predicted octanol–water partition coefficient (Wildman–Crippen LogP) is 18.6. The molecule has 380 valence electrons. The number of rotatable bonds is 6. The van der Waals surface area contributed by atoms with Crippen molar-refractivity contribution in [2.45, 2.75) is 78.6 Å². The first-order chi connectivity index (χ1) is 37.6. The molecule has 0 fully saturated rings. The molecule has 10 aromatic carbocycles. The molecule has 0 N–H and O–H groups in total. The van der Waals surface area contributed by atoms with Crippen molar-refractivity contribution in [1.29, 1.82) is 0 Å². The van der Waals surface area contributed by atoms with Gasteiger partial charge in [-0.15, -0.1) is 11.3 Å². The normalized spacial score (nSPS) is 13.4. The summed E-state index contributed by atoms with van der Waals surface area (Å²) in [5.74, 6) is 0. The molecule has 78 heavy (non-hydrogen) atoms. The van der Waals surface area contributed by atoms with Gasteiger partial charge in [0.2, 0.25) is 0 Å². The number of nitrogens with zero attached hydrogens (tertiary/aromatic N) is 4. The van der Waals surface area contributed by atoms with E-state index in [4.69, 9.17) is 0 Å². The summed E-state index contributed by atoms with van der Waals surface area (Å²) in [5.41, 5.74) is 21.6. The highest BCUT2D eigenvalue weighted by Gasteiger charge is 2.46. The largest absolute Gasteiger partial charge is 0.311 e. The van der Waals surface area contributed by atoms with Crippen LogP contribution >= 0.6 is 11.3 Å². The van der Waals surface area contributed by atoms with Gasteiger partial charge in [-0.2, -0.15) is 0 Å². The molecule has 0 atom stereocenters. The van der Waals surface area contributed by atoms with Crippen LogP contribution in [0.2, 0.25) is 0 Å². The van der Waals surface area contributed by atoms with Crippen molar-refractivity contribution in [2.24, 2.45) is 0 Å². The summed E-state index contributed by atoms with van der Waals surface area (Å²) in [6.07, 6.45) is 0. The lowest BCUT2D eigenvalue weighted by molar-refractivity contribution is 0.590. The molecule has 4 heterocycles. The van der Waals surface area contributed by atoms with Crippen molar-refractivity contribution in [3.05, 3.63) is 235 Å². The summed E-state index contributed by atoms with van der Waals surface area (Å²) in [5, 5.41) is 5.06. The van der Waals surface area contributed by atoms with Crippen LogP contribution in [0.3, 0.4) is 0 Å². The number of fused-ring (bicyclic) bond motifs is 11. The SMILES string of the molecule is CC(C)(C)c1ccc(N2c3ccc(C(C)(C)C)cc3B3c4cc(-n5c6ccccc6c6ccccc65)c5sc6ccccc6c5c4N(c4ccc(C(C)(C)C)cc4)c4cc(N(c5ccccc5)c5ccccc5)cc2c43)cc1. The topological polar surface area (TPSA) is 14.7 Å². The Kier molecular flexibility index (Phi) is 10.9. The maximum atomic E-state index is 2.66. The Balaban J connectivity index is 1.18. The Morgan fingerprint density at radius 3 is 1.41 bits per heavy atom. The standard InChI is InChI=1S/C72H63BN4S/c1-70(2,3)46-32-37-51(38-33-46)75-61-41-36-48(72(7,8)9)42-57(61)73-58-45-64(77-59-29-19-16-26-54(59)55-27-17-20-30-60(55)77)69-66(56-28-18-21-31-65(56)78-69)68(58)76(52-39-34-47(35-40-52)71(4,5)6)63-44-53(43-62(75)67(63)73)74(49-22-12-10-13-23-49)50-24-14-11-15-25-50/h10-45H,1-9H3. The molecule has 0 amide bonds. The van der Waals surface area contributed by atoms with Crippen LogP contribution in [0.5, 0.6) is 0 Å². The fraction of sp³-hybridized carbons (Fsp3) is 0.167. The van der Waals surface area contributed by atoms with E-state index in [0.717, 1.165) is 28.4 Å². The quantitative estimate of drug-likeness (QED) is 0.154. The van der Waals surface area contributed by atoms with E-state index in [1.54, 1.807) is 0 Å². The minimum Gasteiger partial charge on any atom is -0.311 e. The van der Waals surface area contributed by atoms with E-state index in [-0.39, 0.29) is 23.0 Å². The van der Waals surface area contributed by atoms with Crippen LogP contribution in [0.15, 0.2) is 218 Å². The third-order valence-corrected chi connectivity index (χ3v) is 17.8. The molecule has 2 aromatic heterocycles. The molecule has 0 aliphatic carbocycles. The zero-order chi connectivity index (χ0) is 53.4. The summed E-state index contributed by atoms with van der Waals surface area (Å²) >= 11 is 1.92. The lowest BCUT2D eigenvalue weighted by Gasteiger charge is -2.46. The maximum absolute atomic E-state index is 2.66. The van der Waals surface area contributed by atoms with Crippen molar-refractivity contribution in [1.82, 2.24) is 4.57 Å². The molecule has 0 saturated heterocycles. The average molecular weight is 1030 g/mol. The summed E-state index contributed by atoms with van der Waals surface area (Å²) in [4.78, 5) is 7.69. The first kappa shape index (κ1) is 48.1. The molecule has 4 nitrogen and oxygen atoms in total. The highest BCUT2D eigenvalue weighted by atomic mass is 32.1. The third-order valence-electron chi connectivity index (χ3n) is 16.6. The zero-order valence-electron chi connectivity index (χ0n) is 46.1. The van der Waals surface area contributed by atoms with E-state index < -0.39 is 0 Å². The Morgan fingerprint density at radius 1 is 0.385 bits per heavy atom. The van der Waals surface area contributed by atoms with E-state index in [9.17, 15) is 0 Å². The van der Waals surface area contributed by atoms with Crippen molar-refractivity contribution in [3.8, 4) is 5.69 Å². The smallest absolute Gasteiger partial charge is 0.252 e. The lowest BCUT2D eigenvalue weighted by atomic mass is 9.33. The number of hydrogen-bond acceptors (Lipinski definition) is 4. The number of anilines is 9. The molecule has 12 aromatic rings. The number of thiophene rings is 1. The first-order valence-corrected chi connectivity index (χ1v) is 28.4. The maximum Gasteiger partial charge on any atom is 0.252 e.